The molecule has 112 valence electrons. The molecular formula is C16H25NO3. The molecule has 0 heterocycles. The van der Waals surface area contributed by atoms with Crippen LogP contribution in [0.5, 0.6) is 0 Å². The van der Waals surface area contributed by atoms with E-state index in [-0.39, 0.29) is 29.5 Å². The fourth-order valence-corrected chi connectivity index (χ4v) is 2.31. The number of hydrogen-bond acceptors (Lipinski definition) is 4. The lowest BCUT2D eigenvalue weighted by molar-refractivity contribution is -0.118. The summed E-state index contributed by atoms with van der Waals surface area (Å²) in [6.07, 6.45) is 3.45. The van der Waals surface area contributed by atoms with E-state index < -0.39 is 0 Å². The molecular weight excluding hydrogens is 254 g/mol. The summed E-state index contributed by atoms with van der Waals surface area (Å²) < 4.78 is 0. The summed E-state index contributed by atoms with van der Waals surface area (Å²) in [6.45, 7) is 11.8. The second-order valence-corrected chi connectivity index (χ2v) is 5.94. The number of carbonyl (C=O) groups excluding carboxylic acids is 1. The van der Waals surface area contributed by atoms with Crippen molar-refractivity contribution in [1.29, 1.82) is 0 Å². The van der Waals surface area contributed by atoms with Crippen LogP contribution in [0, 0.1) is 11.3 Å². The molecule has 0 aromatic rings. The van der Waals surface area contributed by atoms with Crippen LogP contribution >= 0.6 is 0 Å². The minimum absolute atomic E-state index is 0.0556. The van der Waals surface area contributed by atoms with Crippen molar-refractivity contribution in [3.05, 3.63) is 24.0 Å². The Hall–Kier alpha value is -1.58. The van der Waals surface area contributed by atoms with E-state index in [0.717, 1.165) is 6.42 Å². The van der Waals surface area contributed by atoms with Gasteiger partial charge < -0.3 is 9.94 Å². The van der Waals surface area contributed by atoms with Crippen molar-refractivity contribution < 1.29 is 14.7 Å². The van der Waals surface area contributed by atoms with Crippen LogP contribution in [0.25, 0.3) is 0 Å². The Morgan fingerprint density at radius 2 is 2.25 bits per heavy atom. The maximum absolute atomic E-state index is 12.3. The second-order valence-electron chi connectivity index (χ2n) is 5.94. The van der Waals surface area contributed by atoms with Gasteiger partial charge >= 0.3 is 0 Å². The highest BCUT2D eigenvalue weighted by Crippen LogP contribution is 2.41. The summed E-state index contributed by atoms with van der Waals surface area (Å²) in [5.74, 6) is 0.0114. The Labute approximate surface area is 121 Å². The van der Waals surface area contributed by atoms with Gasteiger partial charge in [-0.1, -0.05) is 51.9 Å². The van der Waals surface area contributed by atoms with Crippen LogP contribution < -0.4 is 0 Å². The van der Waals surface area contributed by atoms with E-state index in [1.165, 1.54) is 0 Å². The van der Waals surface area contributed by atoms with Crippen molar-refractivity contribution in [2.75, 3.05) is 6.61 Å². The minimum atomic E-state index is -0.232. The molecule has 4 nitrogen and oxygen atoms in total. The maximum atomic E-state index is 12.3. The smallest absolute Gasteiger partial charge is 0.168 e. The molecule has 1 rings (SSSR count). The van der Waals surface area contributed by atoms with E-state index in [4.69, 9.17) is 4.84 Å². The lowest BCUT2D eigenvalue weighted by Crippen LogP contribution is -2.35. The van der Waals surface area contributed by atoms with Gasteiger partial charge in [0.15, 0.2) is 5.78 Å². The zero-order chi connectivity index (χ0) is 15.3. The lowest BCUT2D eigenvalue weighted by atomic mass is 9.68. The molecule has 0 amide bonds. The molecule has 0 aliphatic heterocycles. The number of Topliss-reactive ketones (excluding diaryl/α,β-unsaturated/α-hetero) is 1. The third-order valence-electron chi connectivity index (χ3n) is 3.88. The molecule has 0 fully saturated rings. The monoisotopic (exact) mass is 279 g/mol. The molecule has 0 saturated carbocycles. The van der Waals surface area contributed by atoms with Gasteiger partial charge in [0.2, 0.25) is 0 Å². The number of ketones is 1. The minimum Gasteiger partial charge on any atom is -0.511 e. The molecule has 1 aliphatic carbocycles. The number of nitrogens with zero attached hydrogens (tertiary/aromatic N) is 1. The van der Waals surface area contributed by atoms with Crippen LogP contribution in [0.3, 0.4) is 0 Å². The third-order valence-corrected chi connectivity index (χ3v) is 3.88. The number of aliphatic hydroxyl groups is 1. The van der Waals surface area contributed by atoms with E-state index in [9.17, 15) is 9.90 Å². The topological polar surface area (TPSA) is 58.9 Å². The Balaban J connectivity index is 3.17. The van der Waals surface area contributed by atoms with Crippen LogP contribution in [-0.4, -0.2) is 23.2 Å². The standard InChI is InChI=1S/C16H25NO3/c1-6-8-12(17-20-9-7-2)14-13(18)10-16(4,5)11(3)15(14)19/h7,11,19H,2,6,8-10H2,1,3-5H3. The number of rotatable bonds is 6. The molecule has 0 spiro atoms. The Morgan fingerprint density at radius 3 is 2.80 bits per heavy atom. The average Bonchev–Trinajstić information content (AvgIpc) is 2.36. The molecule has 1 atom stereocenters. The molecule has 0 aromatic carbocycles. The molecule has 1 unspecified atom stereocenters. The quantitative estimate of drug-likeness (QED) is 0.348. The highest BCUT2D eigenvalue weighted by atomic mass is 16.6. The number of aliphatic hydroxyl groups excluding tert-OH is 1. The van der Waals surface area contributed by atoms with Crippen molar-refractivity contribution in [1.82, 2.24) is 0 Å². The van der Waals surface area contributed by atoms with Gasteiger partial charge in [0, 0.05) is 12.3 Å². The fraction of sp³-hybridized carbons (Fsp3) is 0.625. The number of oxime groups is 1. The Bertz CT molecular complexity index is 447. The van der Waals surface area contributed by atoms with E-state index in [1.54, 1.807) is 6.08 Å². The van der Waals surface area contributed by atoms with Crippen molar-refractivity contribution in [2.24, 2.45) is 16.5 Å². The van der Waals surface area contributed by atoms with Crippen molar-refractivity contribution >= 4 is 11.5 Å². The van der Waals surface area contributed by atoms with Gasteiger partial charge in [-0.2, -0.15) is 0 Å². The van der Waals surface area contributed by atoms with Crippen molar-refractivity contribution in [3.8, 4) is 0 Å². The van der Waals surface area contributed by atoms with Gasteiger partial charge in [0.25, 0.3) is 0 Å². The van der Waals surface area contributed by atoms with Crippen molar-refractivity contribution in [2.45, 2.75) is 47.0 Å². The zero-order valence-electron chi connectivity index (χ0n) is 12.9. The van der Waals surface area contributed by atoms with E-state index in [1.807, 2.05) is 27.7 Å². The SMILES string of the molecule is C=CCON=C(CCC)C1=C(O)C(C)C(C)(C)CC1=O. The predicted octanol–water partition coefficient (Wildman–Crippen LogP) is 3.79. The summed E-state index contributed by atoms with van der Waals surface area (Å²) in [7, 11) is 0. The molecule has 0 bridgehead atoms. The highest BCUT2D eigenvalue weighted by molar-refractivity contribution is 6.23. The van der Waals surface area contributed by atoms with Crippen molar-refractivity contribution in [3.63, 3.8) is 0 Å². The molecule has 0 radical (unpaired) electrons. The number of carbonyl (C=O) groups is 1. The van der Waals surface area contributed by atoms with Gasteiger partial charge in [0.05, 0.1) is 11.3 Å². The van der Waals surface area contributed by atoms with Gasteiger partial charge in [-0.25, -0.2) is 0 Å². The summed E-state index contributed by atoms with van der Waals surface area (Å²) in [5.41, 5.74) is 0.659. The first-order valence-corrected chi connectivity index (χ1v) is 7.11. The van der Waals surface area contributed by atoms with Gasteiger partial charge in [-0.15, -0.1) is 0 Å². The molecule has 1 aliphatic rings. The zero-order valence-corrected chi connectivity index (χ0v) is 12.9. The largest absolute Gasteiger partial charge is 0.511 e. The first-order chi connectivity index (χ1) is 9.35. The van der Waals surface area contributed by atoms with Crippen LogP contribution in [0.4, 0.5) is 0 Å². The number of hydrogen-bond donors (Lipinski definition) is 1. The fourth-order valence-electron chi connectivity index (χ4n) is 2.31. The van der Waals surface area contributed by atoms with E-state index in [0.29, 0.717) is 24.1 Å². The summed E-state index contributed by atoms with van der Waals surface area (Å²) >= 11 is 0. The number of allylic oxidation sites excluding steroid dienone is 2. The summed E-state index contributed by atoms with van der Waals surface area (Å²) in [4.78, 5) is 17.4. The molecule has 1 N–H and O–H groups in total. The van der Waals surface area contributed by atoms with Gasteiger partial charge in [-0.3, -0.25) is 4.79 Å². The van der Waals surface area contributed by atoms with E-state index in [2.05, 4.69) is 11.7 Å². The van der Waals surface area contributed by atoms with Gasteiger partial charge in [-0.05, 0) is 11.8 Å². The first kappa shape index (κ1) is 16.5. The maximum Gasteiger partial charge on any atom is 0.168 e. The van der Waals surface area contributed by atoms with Crippen LogP contribution in [0.15, 0.2) is 29.1 Å². The average molecular weight is 279 g/mol. The second kappa shape index (κ2) is 6.73. The summed E-state index contributed by atoms with van der Waals surface area (Å²) in [5, 5.41) is 14.4. The summed E-state index contributed by atoms with van der Waals surface area (Å²) in [6, 6.07) is 0. The predicted molar refractivity (Wildman–Crippen MR) is 80.7 cm³/mol. The lowest BCUT2D eigenvalue weighted by Gasteiger charge is -2.36. The Morgan fingerprint density at radius 1 is 1.60 bits per heavy atom. The van der Waals surface area contributed by atoms with Gasteiger partial charge in [0.1, 0.15) is 12.4 Å². The van der Waals surface area contributed by atoms with Crippen LogP contribution in [0.1, 0.15) is 47.0 Å². The van der Waals surface area contributed by atoms with E-state index >= 15 is 0 Å². The highest BCUT2D eigenvalue weighted by Gasteiger charge is 2.40. The van der Waals surface area contributed by atoms with Crippen LogP contribution in [-0.2, 0) is 9.63 Å². The Kier molecular flexibility index (Phi) is 5.54. The molecule has 0 aromatic heterocycles. The van der Waals surface area contributed by atoms with Crippen LogP contribution in [0.2, 0.25) is 0 Å². The first-order valence-electron chi connectivity index (χ1n) is 7.11. The normalized spacial score (nSPS) is 22.9. The third kappa shape index (κ3) is 3.50. The molecule has 4 heteroatoms. The molecule has 0 saturated heterocycles. The molecule has 20 heavy (non-hydrogen) atoms.